The SMILES string of the molecule is CC(C)NCc1cncc(N(C)CC2CC2C)n1. The highest BCUT2D eigenvalue weighted by Gasteiger charge is 2.33. The van der Waals surface area contributed by atoms with E-state index in [0.717, 1.165) is 36.4 Å². The predicted octanol–water partition coefficient (Wildman–Crippen LogP) is 2.07. The number of nitrogens with one attached hydrogen (secondary N) is 1. The van der Waals surface area contributed by atoms with Gasteiger partial charge in [0.05, 0.1) is 11.9 Å². The van der Waals surface area contributed by atoms with E-state index in [4.69, 9.17) is 0 Å². The molecule has 100 valence electrons. The van der Waals surface area contributed by atoms with E-state index >= 15 is 0 Å². The third kappa shape index (κ3) is 3.67. The molecule has 1 aromatic rings. The lowest BCUT2D eigenvalue weighted by Crippen LogP contribution is -2.25. The van der Waals surface area contributed by atoms with Crippen molar-refractivity contribution in [3.05, 3.63) is 18.1 Å². The van der Waals surface area contributed by atoms with E-state index in [1.807, 2.05) is 12.4 Å². The summed E-state index contributed by atoms with van der Waals surface area (Å²) in [5.74, 6) is 2.71. The van der Waals surface area contributed by atoms with Crippen LogP contribution in [0, 0.1) is 11.8 Å². The molecule has 4 nitrogen and oxygen atoms in total. The fourth-order valence-corrected chi connectivity index (χ4v) is 2.07. The van der Waals surface area contributed by atoms with E-state index in [1.165, 1.54) is 6.42 Å². The van der Waals surface area contributed by atoms with Gasteiger partial charge in [-0.05, 0) is 18.3 Å². The van der Waals surface area contributed by atoms with Gasteiger partial charge < -0.3 is 10.2 Å². The van der Waals surface area contributed by atoms with Gasteiger partial charge in [-0.3, -0.25) is 4.98 Å². The summed E-state index contributed by atoms with van der Waals surface area (Å²) in [4.78, 5) is 11.2. The molecule has 0 amide bonds. The summed E-state index contributed by atoms with van der Waals surface area (Å²) in [6.07, 6.45) is 5.05. The first kappa shape index (κ1) is 13.3. The standard InChI is InChI=1S/C14H24N4/c1-10(2)16-7-13-6-15-8-14(17-13)18(4)9-12-5-11(12)3/h6,8,10-12,16H,5,7,9H2,1-4H3. The Kier molecular flexibility index (Phi) is 4.17. The molecule has 0 aromatic carbocycles. The van der Waals surface area contributed by atoms with Crippen LogP contribution in [0.25, 0.3) is 0 Å². The van der Waals surface area contributed by atoms with E-state index in [0.29, 0.717) is 6.04 Å². The third-order valence-electron chi connectivity index (χ3n) is 3.54. The fourth-order valence-electron chi connectivity index (χ4n) is 2.07. The van der Waals surface area contributed by atoms with Crippen molar-refractivity contribution >= 4 is 5.82 Å². The van der Waals surface area contributed by atoms with E-state index in [9.17, 15) is 0 Å². The van der Waals surface area contributed by atoms with Crippen molar-refractivity contribution in [1.82, 2.24) is 15.3 Å². The average Bonchev–Trinajstić information content (AvgIpc) is 3.02. The Hall–Kier alpha value is -1.16. The maximum absolute atomic E-state index is 4.65. The first-order valence-electron chi connectivity index (χ1n) is 6.81. The summed E-state index contributed by atoms with van der Waals surface area (Å²) < 4.78 is 0. The largest absolute Gasteiger partial charge is 0.358 e. The molecule has 1 heterocycles. The maximum Gasteiger partial charge on any atom is 0.147 e. The van der Waals surface area contributed by atoms with Crippen LogP contribution in [0.1, 0.15) is 32.9 Å². The van der Waals surface area contributed by atoms with Gasteiger partial charge in [-0.1, -0.05) is 20.8 Å². The molecule has 2 atom stereocenters. The lowest BCUT2D eigenvalue weighted by atomic mass is 10.3. The molecule has 0 saturated heterocycles. The second-order valence-corrected chi connectivity index (χ2v) is 5.76. The summed E-state index contributed by atoms with van der Waals surface area (Å²) >= 11 is 0. The van der Waals surface area contributed by atoms with Crippen molar-refractivity contribution in [2.75, 3.05) is 18.5 Å². The van der Waals surface area contributed by atoms with E-state index in [-0.39, 0.29) is 0 Å². The van der Waals surface area contributed by atoms with Crippen LogP contribution in [-0.4, -0.2) is 29.6 Å². The van der Waals surface area contributed by atoms with Gasteiger partial charge in [-0.15, -0.1) is 0 Å². The zero-order chi connectivity index (χ0) is 13.1. The van der Waals surface area contributed by atoms with Crippen LogP contribution < -0.4 is 10.2 Å². The summed E-state index contributed by atoms with van der Waals surface area (Å²) in [5.41, 5.74) is 1.01. The topological polar surface area (TPSA) is 41.1 Å². The fraction of sp³-hybridized carbons (Fsp3) is 0.714. The number of anilines is 1. The molecule has 1 aliphatic rings. The molecule has 4 heteroatoms. The van der Waals surface area contributed by atoms with Gasteiger partial charge in [0.25, 0.3) is 0 Å². The van der Waals surface area contributed by atoms with Crippen molar-refractivity contribution in [2.45, 2.75) is 39.8 Å². The van der Waals surface area contributed by atoms with Crippen molar-refractivity contribution in [3.8, 4) is 0 Å². The van der Waals surface area contributed by atoms with Crippen LogP contribution in [0.3, 0.4) is 0 Å². The van der Waals surface area contributed by atoms with Gasteiger partial charge in [0.1, 0.15) is 5.82 Å². The normalized spacial score (nSPS) is 22.3. The number of rotatable bonds is 6. The maximum atomic E-state index is 4.65. The van der Waals surface area contributed by atoms with Gasteiger partial charge in [0, 0.05) is 32.4 Å². The van der Waals surface area contributed by atoms with Crippen LogP contribution in [0.15, 0.2) is 12.4 Å². The van der Waals surface area contributed by atoms with Crippen LogP contribution >= 0.6 is 0 Å². The smallest absolute Gasteiger partial charge is 0.147 e. The summed E-state index contributed by atoms with van der Waals surface area (Å²) in [6.45, 7) is 8.46. The Balaban J connectivity index is 1.93. The molecule has 18 heavy (non-hydrogen) atoms. The molecule has 0 spiro atoms. The zero-order valence-electron chi connectivity index (χ0n) is 11.8. The van der Waals surface area contributed by atoms with E-state index in [1.54, 1.807) is 0 Å². The molecule has 2 rings (SSSR count). The Morgan fingerprint density at radius 2 is 2.17 bits per heavy atom. The number of aromatic nitrogens is 2. The van der Waals surface area contributed by atoms with Gasteiger partial charge in [0.15, 0.2) is 0 Å². The van der Waals surface area contributed by atoms with E-state index in [2.05, 4.69) is 48.0 Å². The second kappa shape index (κ2) is 5.65. The van der Waals surface area contributed by atoms with Gasteiger partial charge >= 0.3 is 0 Å². The average molecular weight is 248 g/mol. The number of hydrogen-bond acceptors (Lipinski definition) is 4. The highest BCUT2D eigenvalue weighted by atomic mass is 15.2. The molecule has 1 aliphatic carbocycles. The molecular weight excluding hydrogens is 224 g/mol. The molecule has 2 unspecified atom stereocenters. The van der Waals surface area contributed by atoms with Crippen LogP contribution in [0.5, 0.6) is 0 Å². The van der Waals surface area contributed by atoms with Crippen molar-refractivity contribution < 1.29 is 0 Å². The molecule has 1 fully saturated rings. The Bertz CT molecular complexity index is 391. The summed E-state index contributed by atoms with van der Waals surface area (Å²) in [6, 6.07) is 0.473. The minimum Gasteiger partial charge on any atom is -0.358 e. The molecule has 1 N–H and O–H groups in total. The molecule has 0 aliphatic heterocycles. The Morgan fingerprint density at radius 1 is 1.44 bits per heavy atom. The minimum absolute atomic E-state index is 0.473. The molecule has 0 radical (unpaired) electrons. The third-order valence-corrected chi connectivity index (χ3v) is 3.54. The second-order valence-electron chi connectivity index (χ2n) is 5.76. The highest BCUT2D eigenvalue weighted by Crippen LogP contribution is 2.38. The molecule has 0 bridgehead atoms. The first-order chi connectivity index (χ1) is 8.56. The quantitative estimate of drug-likeness (QED) is 0.836. The van der Waals surface area contributed by atoms with E-state index < -0.39 is 0 Å². The van der Waals surface area contributed by atoms with Gasteiger partial charge in [-0.2, -0.15) is 0 Å². The summed E-state index contributed by atoms with van der Waals surface area (Å²) in [5, 5.41) is 3.37. The van der Waals surface area contributed by atoms with Crippen LogP contribution in [0.2, 0.25) is 0 Å². The Morgan fingerprint density at radius 3 is 2.78 bits per heavy atom. The van der Waals surface area contributed by atoms with Crippen LogP contribution in [-0.2, 0) is 6.54 Å². The zero-order valence-corrected chi connectivity index (χ0v) is 11.8. The van der Waals surface area contributed by atoms with Crippen molar-refractivity contribution in [2.24, 2.45) is 11.8 Å². The number of hydrogen-bond donors (Lipinski definition) is 1. The van der Waals surface area contributed by atoms with Gasteiger partial charge in [0.2, 0.25) is 0 Å². The molecule has 1 saturated carbocycles. The first-order valence-corrected chi connectivity index (χ1v) is 6.81. The monoisotopic (exact) mass is 248 g/mol. The predicted molar refractivity (Wildman–Crippen MR) is 74.5 cm³/mol. The Labute approximate surface area is 110 Å². The molecular formula is C14H24N4. The minimum atomic E-state index is 0.473. The lowest BCUT2D eigenvalue weighted by Gasteiger charge is -2.18. The van der Waals surface area contributed by atoms with Crippen LogP contribution in [0.4, 0.5) is 5.82 Å². The highest BCUT2D eigenvalue weighted by molar-refractivity contribution is 5.35. The number of nitrogens with zero attached hydrogens (tertiary/aromatic N) is 3. The van der Waals surface area contributed by atoms with Crippen molar-refractivity contribution in [1.29, 1.82) is 0 Å². The lowest BCUT2D eigenvalue weighted by molar-refractivity contribution is 0.579. The van der Waals surface area contributed by atoms with Crippen molar-refractivity contribution in [3.63, 3.8) is 0 Å². The van der Waals surface area contributed by atoms with Gasteiger partial charge in [-0.25, -0.2) is 4.98 Å². The summed E-state index contributed by atoms with van der Waals surface area (Å²) in [7, 11) is 2.11. The molecule has 1 aromatic heterocycles.